The quantitative estimate of drug-likeness (QED) is 0.718. The Morgan fingerprint density at radius 1 is 1.21 bits per heavy atom. The summed E-state index contributed by atoms with van der Waals surface area (Å²) in [5.41, 5.74) is 2.43. The first kappa shape index (κ1) is 8.69. The Balaban J connectivity index is 2.15. The van der Waals surface area contributed by atoms with Crippen LogP contribution in [0.2, 0.25) is 0 Å². The second-order valence-corrected chi connectivity index (χ2v) is 3.10. The maximum absolute atomic E-state index is 3.97. The van der Waals surface area contributed by atoms with Gasteiger partial charge in [-0.2, -0.15) is 5.10 Å². The Morgan fingerprint density at radius 2 is 2.00 bits per heavy atom. The van der Waals surface area contributed by atoms with Crippen LogP contribution in [0.25, 0.3) is 12.3 Å². The van der Waals surface area contributed by atoms with Crippen LogP contribution in [0.3, 0.4) is 0 Å². The van der Waals surface area contributed by atoms with Gasteiger partial charge in [0.1, 0.15) is 12.7 Å². The van der Waals surface area contributed by atoms with Gasteiger partial charge in [-0.25, -0.2) is 9.67 Å². The summed E-state index contributed by atoms with van der Waals surface area (Å²) >= 11 is 0. The van der Waals surface area contributed by atoms with Crippen molar-refractivity contribution in [3.63, 3.8) is 0 Å². The highest BCUT2D eigenvalue weighted by molar-refractivity contribution is 5.59. The van der Waals surface area contributed by atoms with Crippen molar-refractivity contribution >= 4 is 12.3 Å². The molecule has 0 fully saturated rings. The summed E-state index contributed by atoms with van der Waals surface area (Å²) in [5.74, 6) is 0. The molecular weight excluding hydrogens is 174 g/mol. The van der Waals surface area contributed by atoms with Crippen LogP contribution < -0.4 is 0 Å². The molecule has 0 atom stereocenters. The maximum atomic E-state index is 3.97. The molecule has 1 aromatic heterocycles. The molecule has 0 unspecified atom stereocenters. The first-order valence-electron chi connectivity index (χ1n) is 4.43. The number of benzene rings is 1. The van der Waals surface area contributed by atoms with E-state index in [1.807, 2.05) is 12.3 Å². The lowest BCUT2D eigenvalue weighted by atomic mass is 10.1. The molecule has 1 heterocycles. The fourth-order valence-electron chi connectivity index (χ4n) is 1.13. The van der Waals surface area contributed by atoms with E-state index in [0.717, 1.165) is 5.56 Å². The second kappa shape index (κ2) is 3.87. The second-order valence-electron chi connectivity index (χ2n) is 3.10. The van der Waals surface area contributed by atoms with Crippen LogP contribution in [0.15, 0.2) is 36.9 Å². The van der Waals surface area contributed by atoms with Gasteiger partial charge in [-0.05, 0) is 18.6 Å². The number of aryl methyl sites for hydroxylation is 1. The zero-order chi connectivity index (χ0) is 9.80. The van der Waals surface area contributed by atoms with Gasteiger partial charge >= 0.3 is 0 Å². The number of rotatable bonds is 2. The summed E-state index contributed by atoms with van der Waals surface area (Å²) in [7, 11) is 0. The molecule has 0 spiro atoms. The van der Waals surface area contributed by atoms with Gasteiger partial charge in [0.05, 0.1) is 0 Å². The van der Waals surface area contributed by atoms with Gasteiger partial charge < -0.3 is 0 Å². The number of hydrogen-bond acceptors (Lipinski definition) is 2. The molecule has 2 aromatic rings. The fourth-order valence-corrected chi connectivity index (χ4v) is 1.13. The fraction of sp³-hybridized carbons (Fsp3) is 0.0909. The molecular formula is C11H11N3. The van der Waals surface area contributed by atoms with Gasteiger partial charge in [-0.3, -0.25) is 0 Å². The monoisotopic (exact) mass is 185 g/mol. The SMILES string of the molecule is Cc1ccc(C=Cn2cncn2)cc1. The van der Waals surface area contributed by atoms with Crippen molar-refractivity contribution in [2.24, 2.45) is 0 Å². The zero-order valence-corrected chi connectivity index (χ0v) is 7.96. The molecule has 14 heavy (non-hydrogen) atoms. The molecule has 0 saturated heterocycles. The third-order valence-electron chi connectivity index (χ3n) is 1.93. The summed E-state index contributed by atoms with van der Waals surface area (Å²) in [5, 5.41) is 3.97. The molecule has 70 valence electrons. The topological polar surface area (TPSA) is 30.7 Å². The highest BCUT2D eigenvalue weighted by atomic mass is 15.3. The van der Waals surface area contributed by atoms with Crippen LogP contribution in [-0.2, 0) is 0 Å². The minimum Gasteiger partial charge on any atom is -0.228 e. The molecule has 0 saturated carbocycles. The molecule has 0 amide bonds. The van der Waals surface area contributed by atoms with Crippen LogP contribution in [0.5, 0.6) is 0 Å². The molecule has 0 radical (unpaired) electrons. The molecule has 0 aliphatic heterocycles. The average molecular weight is 185 g/mol. The van der Waals surface area contributed by atoms with E-state index in [-0.39, 0.29) is 0 Å². The summed E-state index contributed by atoms with van der Waals surface area (Å²) in [6.45, 7) is 2.07. The van der Waals surface area contributed by atoms with E-state index in [4.69, 9.17) is 0 Å². The van der Waals surface area contributed by atoms with Gasteiger partial charge in [0.2, 0.25) is 0 Å². The first-order valence-corrected chi connectivity index (χ1v) is 4.43. The van der Waals surface area contributed by atoms with Gasteiger partial charge in [-0.1, -0.05) is 29.8 Å². The average Bonchev–Trinajstić information content (AvgIpc) is 2.70. The summed E-state index contributed by atoms with van der Waals surface area (Å²) < 4.78 is 1.67. The smallest absolute Gasteiger partial charge is 0.138 e. The van der Waals surface area contributed by atoms with Crippen LogP contribution in [-0.4, -0.2) is 14.8 Å². The first-order chi connectivity index (χ1) is 6.84. The van der Waals surface area contributed by atoms with E-state index in [1.54, 1.807) is 11.0 Å². The Morgan fingerprint density at radius 3 is 2.64 bits per heavy atom. The van der Waals surface area contributed by atoms with Crippen molar-refractivity contribution in [3.05, 3.63) is 48.0 Å². The normalized spacial score (nSPS) is 10.9. The minimum absolute atomic E-state index is 1.16. The number of aromatic nitrogens is 3. The number of hydrogen-bond donors (Lipinski definition) is 0. The lowest BCUT2D eigenvalue weighted by molar-refractivity contribution is 0.937. The van der Waals surface area contributed by atoms with Crippen molar-refractivity contribution in [1.29, 1.82) is 0 Å². The van der Waals surface area contributed by atoms with Crippen LogP contribution in [0.4, 0.5) is 0 Å². The zero-order valence-electron chi connectivity index (χ0n) is 7.96. The molecule has 3 heteroatoms. The number of nitrogens with zero attached hydrogens (tertiary/aromatic N) is 3. The largest absolute Gasteiger partial charge is 0.228 e. The predicted octanol–water partition coefficient (Wildman–Crippen LogP) is 2.21. The summed E-state index contributed by atoms with van der Waals surface area (Å²) in [6, 6.07) is 8.31. The summed E-state index contributed by atoms with van der Waals surface area (Å²) in [6.07, 6.45) is 7.04. The molecule has 0 aliphatic rings. The Bertz CT molecular complexity index is 412. The van der Waals surface area contributed by atoms with E-state index < -0.39 is 0 Å². The van der Waals surface area contributed by atoms with E-state index in [1.165, 1.54) is 11.9 Å². The van der Waals surface area contributed by atoms with Crippen LogP contribution in [0, 0.1) is 6.92 Å². The van der Waals surface area contributed by atoms with Crippen molar-refractivity contribution in [3.8, 4) is 0 Å². The molecule has 1 aromatic carbocycles. The van der Waals surface area contributed by atoms with Crippen LogP contribution in [0.1, 0.15) is 11.1 Å². The molecule has 0 aliphatic carbocycles. The standard InChI is InChI=1S/C11H11N3/c1-10-2-4-11(5-3-10)6-7-14-9-12-8-13-14/h2-9H,1H3. The third kappa shape index (κ3) is 2.07. The van der Waals surface area contributed by atoms with Crippen molar-refractivity contribution < 1.29 is 0 Å². The van der Waals surface area contributed by atoms with Gasteiger partial charge in [0.15, 0.2) is 0 Å². The van der Waals surface area contributed by atoms with Gasteiger partial charge in [0.25, 0.3) is 0 Å². The maximum Gasteiger partial charge on any atom is 0.138 e. The lowest BCUT2D eigenvalue weighted by Crippen LogP contribution is -1.84. The van der Waals surface area contributed by atoms with Crippen molar-refractivity contribution in [2.75, 3.05) is 0 Å². The molecule has 3 nitrogen and oxygen atoms in total. The van der Waals surface area contributed by atoms with Gasteiger partial charge in [-0.15, -0.1) is 0 Å². The minimum atomic E-state index is 1.16. The van der Waals surface area contributed by atoms with E-state index in [0.29, 0.717) is 0 Å². The Labute approximate surface area is 82.7 Å². The van der Waals surface area contributed by atoms with E-state index in [9.17, 15) is 0 Å². The Kier molecular flexibility index (Phi) is 2.40. The predicted molar refractivity (Wildman–Crippen MR) is 56.4 cm³/mol. The third-order valence-corrected chi connectivity index (χ3v) is 1.93. The molecule has 0 bridgehead atoms. The van der Waals surface area contributed by atoms with E-state index >= 15 is 0 Å². The van der Waals surface area contributed by atoms with Crippen molar-refractivity contribution in [1.82, 2.24) is 14.8 Å². The Hall–Kier alpha value is -1.90. The molecule has 0 N–H and O–H groups in total. The lowest BCUT2D eigenvalue weighted by Gasteiger charge is -1.94. The van der Waals surface area contributed by atoms with E-state index in [2.05, 4.69) is 41.3 Å². The highest BCUT2D eigenvalue weighted by Gasteiger charge is 1.86. The molecule has 2 rings (SSSR count). The van der Waals surface area contributed by atoms with Crippen LogP contribution >= 0.6 is 0 Å². The highest BCUT2D eigenvalue weighted by Crippen LogP contribution is 2.05. The van der Waals surface area contributed by atoms with Gasteiger partial charge in [0, 0.05) is 6.20 Å². The summed E-state index contributed by atoms with van der Waals surface area (Å²) in [4.78, 5) is 3.85. The van der Waals surface area contributed by atoms with Crippen molar-refractivity contribution in [2.45, 2.75) is 6.92 Å².